The fraction of sp³-hybridized carbons (Fsp3) is 0. The van der Waals surface area contributed by atoms with E-state index in [-0.39, 0.29) is 11.8 Å². The van der Waals surface area contributed by atoms with Crippen molar-refractivity contribution >= 4 is 68.5 Å². The highest BCUT2D eigenvalue weighted by Gasteiger charge is 2.28. The fourth-order valence-electron chi connectivity index (χ4n) is 3.21. The molecular weight excluding hydrogens is 568 g/mol. The minimum Gasteiger partial charge on any atom is -0.399 e. The number of nitrogens with one attached hydrogen (secondary N) is 1. The van der Waals surface area contributed by atoms with Crippen LogP contribution in [0, 0.1) is 0 Å². The first-order valence-electron chi connectivity index (χ1n) is 8.93. The molecule has 3 aromatic rings. The Morgan fingerprint density at radius 3 is 1.72 bits per heavy atom. The van der Waals surface area contributed by atoms with Crippen LogP contribution in [-0.2, 0) is 40.5 Å². The summed E-state index contributed by atoms with van der Waals surface area (Å²) in [5, 5.41) is 0.357. The lowest BCUT2D eigenvalue weighted by Crippen LogP contribution is -2.17. The van der Waals surface area contributed by atoms with Crippen molar-refractivity contribution in [1.29, 1.82) is 0 Å². The van der Waals surface area contributed by atoms with Crippen LogP contribution >= 0.6 is 0 Å². The van der Waals surface area contributed by atoms with Gasteiger partial charge in [-0.25, -0.2) is 0 Å². The molecule has 0 radical (unpaired) electrons. The summed E-state index contributed by atoms with van der Waals surface area (Å²) < 4.78 is 132. The number of carbonyl (C=O) groups is 1. The van der Waals surface area contributed by atoms with Crippen LogP contribution in [0.1, 0.15) is 10.4 Å². The predicted octanol–water partition coefficient (Wildman–Crippen LogP) is 0.661. The molecule has 1 amide bonds. The largest absolute Gasteiger partial charge is 0.399 e. The van der Waals surface area contributed by atoms with Gasteiger partial charge in [0.1, 0.15) is 14.7 Å². The van der Waals surface area contributed by atoms with Crippen LogP contribution in [0.5, 0.6) is 0 Å². The van der Waals surface area contributed by atoms with Gasteiger partial charge in [-0.1, -0.05) is 0 Å². The number of nitrogens with two attached hydrogens (primary N) is 1. The molecule has 19 heteroatoms. The SMILES string of the molecule is Nc1ccc(C(=O)Nc2ccc(S(=O)(=O)O)c3cc(S(=O)(=O)O)cc(S(=O)(=O)O)c23)c(S(=O)(=O)O)c1. The lowest BCUT2D eigenvalue weighted by molar-refractivity contribution is 0.102. The first-order valence-corrected chi connectivity index (χ1v) is 14.7. The Balaban J connectivity index is 2.42. The second-order valence-electron chi connectivity index (χ2n) is 7.07. The van der Waals surface area contributed by atoms with Crippen LogP contribution < -0.4 is 11.1 Å². The number of rotatable bonds is 6. The normalized spacial score (nSPS) is 13.0. The van der Waals surface area contributed by atoms with Crippen LogP contribution in [0.25, 0.3) is 10.8 Å². The smallest absolute Gasteiger partial charge is 0.295 e. The molecule has 0 aliphatic heterocycles. The summed E-state index contributed by atoms with van der Waals surface area (Å²) in [6.45, 7) is 0. The van der Waals surface area contributed by atoms with Gasteiger partial charge < -0.3 is 11.1 Å². The molecule has 15 nitrogen and oxygen atoms in total. The minimum absolute atomic E-state index is 0.159. The molecule has 0 atom stereocenters. The third-order valence-electron chi connectivity index (χ3n) is 4.64. The molecule has 0 saturated heterocycles. The number of anilines is 2. The van der Waals surface area contributed by atoms with E-state index in [0.29, 0.717) is 12.1 Å². The van der Waals surface area contributed by atoms with Crippen molar-refractivity contribution in [3.63, 3.8) is 0 Å². The average Bonchev–Trinajstić information content (AvgIpc) is 2.70. The number of amides is 1. The Labute approximate surface area is 203 Å². The fourth-order valence-corrected chi connectivity index (χ4v) is 5.97. The number of nitrogen functional groups attached to an aromatic ring is 1. The molecule has 0 aromatic heterocycles. The van der Waals surface area contributed by atoms with E-state index in [1.807, 2.05) is 0 Å². The molecule has 0 bridgehead atoms. The lowest BCUT2D eigenvalue weighted by Gasteiger charge is -2.16. The summed E-state index contributed by atoms with van der Waals surface area (Å²) >= 11 is 0. The molecule has 0 spiro atoms. The lowest BCUT2D eigenvalue weighted by atomic mass is 10.1. The molecular formula is C17H14N2O13S4. The van der Waals surface area contributed by atoms with Crippen molar-refractivity contribution in [1.82, 2.24) is 0 Å². The van der Waals surface area contributed by atoms with Crippen LogP contribution in [0.3, 0.4) is 0 Å². The Kier molecular flexibility index (Phi) is 6.66. The van der Waals surface area contributed by atoms with Gasteiger partial charge in [-0.3, -0.25) is 23.0 Å². The van der Waals surface area contributed by atoms with Gasteiger partial charge in [-0.15, -0.1) is 0 Å². The Morgan fingerprint density at radius 1 is 0.667 bits per heavy atom. The van der Waals surface area contributed by atoms with E-state index in [2.05, 4.69) is 5.32 Å². The zero-order valence-electron chi connectivity index (χ0n) is 17.2. The van der Waals surface area contributed by atoms with Crippen molar-refractivity contribution in [2.24, 2.45) is 0 Å². The van der Waals surface area contributed by atoms with Gasteiger partial charge in [-0.2, -0.15) is 33.7 Å². The summed E-state index contributed by atoms with van der Waals surface area (Å²) in [5.74, 6) is -1.30. The van der Waals surface area contributed by atoms with Gasteiger partial charge in [0.15, 0.2) is 0 Å². The third kappa shape index (κ3) is 5.47. The zero-order chi connectivity index (χ0) is 27.4. The molecule has 0 heterocycles. The second-order valence-corrected chi connectivity index (χ2v) is 12.7. The summed E-state index contributed by atoms with van der Waals surface area (Å²) in [6.07, 6.45) is 0. The Hall–Kier alpha value is -3.17. The van der Waals surface area contributed by atoms with Crippen molar-refractivity contribution in [2.45, 2.75) is 19.6 Å². The molecule has 194 valence electrons. The summed E-state index contributed by atoms with van der Waals surface area (Å²) in [5.41, 5.74) is 4.01. The quantitative estimate of drug-likeness (QED) is 0.172. The molecule has 36 heavy (non-hydrogen) atoms. The number of carbonyl (C=O) groups excluding carboxylic acids is 1. The van der Waals surface area contributed by atoms with E-state index >= 15 is 0 Å². The summed E-state index contributed by atoms with van der Waals surface area (Å²) in [7, 11) is -20.8. The molecule has 0 aliphatic carbocycles. The topological polar surface area (TPSA) is 273 Å². The van der Waals surface area contributed by atoms with E-state index in [1.165, 1.54) is 0 Å². The van der Waals surface area contributed by atoms with Crippen LogP contribution in [0.15, 0.2) is 62.0 Å². The molecule has 0 fully saturated rings. The Morgan fingerprint density at radius 2 is 1.22 bits per heavy atom. The maximum absolute atomic E-state index is 12.9. The summed E-state index contributed by atoms with van der Waals surface area (Å²) in [4.78, 5) is 8.35. The minimum atomic E-state index is -5.39. The van der Waals surface area contributed by atoms with E-state index in [9.17, 15) is 56.7 Å². The maximum Gasteiger partial charge on any atom is 0.295 e. The van der Waals surface area contributed by atoms with E-state index in [0.717, 1.165) is 24.3 Å². The average molecular weight is 583 g/mol. The van der Waals surface area contributed by atoms with E-state index in [4.69, 9.17) is 5.73 Å². The van der Waals surface area contributed by atoms with Gasteiger partial charge in [-0.05, 0) is 42.5 Å². The first kappa shape index (κ1) is 27.4. The predicted molar refractivity (Wildman–Crippen MR) is 122 cm³/mol. The summed E-state index contributed by atoms with van der Waals surface area (Å²) in [6, 6.07) is 4.80. The van der Waals surface area contributed by atoms with Gasteiger partial charge in [0.25, 0.3) is 46.4 Å². The van der Waals surface area contributed by atoms with E-state index in [1.54, 1.807) is 0 Å². The molecule has 3 aromatic carbocycles. The van der Waals surface area contributed by atoms with Gasteiger partial charge in [0.2, 0.25) is 0 Å². The monoisotopic (exact) mass is 582 g/mol. The highest BCUT2D eigenvalue weighted by molar-refractivity contribution is 7.87. The molecule has 0 saturated carbocycles. The number of hydrogen-bond donors (Lipinski definition) is 6. The Bertz CT molecular complexity index is 1880. The molecule has 0 aliphatic rings. The molecule has 3 rings (SSSR count). The zero-order valence-corrected chi connectivity index (χ0v) is 20.5. The van der Waals surface area contributed by atoms with Crippen molar-refractivity contribution < 1.29 is 56.7 Å². The van der Waals surface area contributed by atoms with Crippen molar-refractivity contribution in [3.05, 3.63) is 48.0 Å². The van der Waals surface area contributed by atoms with Crippen LogP contribution in [-0.4, -0.2) is 57.8 Å². The highest BCUT2D eigenvalue weighted by Crippen LogP contribution is 2.37. The van der Waals surface area contributed by atoms with Crippen molar-refractivity contribution in [2.75, 3.05) is 11.1 Å². The van der Waals surface area contributed by atoms with Crippen LogP contribution in [0.4, 0.5) is 11.4 Å². The van der Waals surface area contributed by atoms with Gasteiger partial charge in [0.05, 0.1) is 16.1 Å². The van der Waals surface area contributed by atoms with Crippen molar-refractivity contribution in [3.8, 4) is 0 Å². The third-order valence-corrected chi connectivity index (χ3v) is 8.16. The number of fused-ring (bicyclic) bond motifs is 1. The van der Waals surface area contributed by atoms with Gasteiger partial charge in [0, 0.05) is 16.5 Å². The van der Waals surface area contributed by atoms with Crippen LogP contribution in [0.2, 0.25) is 0 Å². The highest BCUT2D eigenvalue weighted by atomic mass is 32.2. The van der Waals surface area contributed by atoms with E-state index < -0.39 is 88.0 Å². The first-order chi connectivity index (χ1) is 16.2. The standard InChI is InChI=1S/C17H14N2O13S4/c18-8-1-2-10(14(5-8)35(27,28)29)17(20)19-12-3-4-13(34(24,25)26)11-6-9(33(21,22)23)7-15(16(11)12)36(30,31)32/h1-7H,18H2,(H,19,20)(H,21,22,23)(H,24,25,26)(H,27,28,29)(H,30,31,32). The number of hydrogen-bond acceptors (Lipinski definition) is 10. The second kappa shape index (κ2) is 8.74. The molecule has 0 unspecified atom stereocenters. The molecule has 7 N–H and O–H groups in total. The maximum atomic E-state index is 12.9. The number of benzene rings is 3. The van der Waals surface area contributed by atoms with Gasteiger partial charge >= 0.3 is 0 Å².